The maximum Gasteiger partial charge on any atom is 0.336 e. The molecule has 23 heavy (non-hydrogen) atoms. The van der Waals surface area contributed by atoms with Gasteiger partial charge in [0.1, 0.15) is 5.58 Å². The van der Waals surface area contributed by atoms with E-state index >= 15 is 0 Å². The van der Waals surface area contributed by atoms with Crippen molar-refractivity contribution in [1.82, 2.24) is 4.90 Å². The minimum Gasteiger partial charge on any atom is -0.422 e. The third-order valence-corrected chi connectivity index (χ3v) is 5.31. The normalized spacial score (nSPS) is 22.6. The van der Waals surface area contributed by atoms with Crippen LogP contribution in [-0.4, -0.2) is 29.2 Å². The molecule has 4 nitrogen and oxygen atoms in total. The summed E-state index contributed by atoms with van der Waals surface area (Å²) in [5, 5.41) is 10.7. The zero-order valence-corrected chi connectivity index (χ0v) is 14.1. The SMILES string of the molecule is Cc1ccc2c(CN3CCCC(C)C3CO)cc(=O)oc2c1C. The number of rotatable bonds is 3. The fourth-order valence-electron chi connectivity index (χ4n) is 3.70. The molecule has 0 aliphatic carbocycles. The lowest BCUT2D eigenvalue weighted by Gasteiger charge is -2.39. The van der Waals surface area contributed by atoms with Gasteiger partial charge in [-0.05, 0) is 55.8 Å². The predicted octanol–water partition coefficient (Wildman–Crippen LogP) is 3.00. The molecule has 1 saturated heterocycles. The monoisotopic (exact) mass is 315 g/mol. The highest BCUT2D eigenvalue weighted by atomic mass is 16.4. The van der Waals surface area contributed by atoms with Gasteiger partial charge in [-0.1, -0.05) is 19.1 Å². The largest absolute Gasteiger partial charge is 0.422 e. The van der Waals surface area contributed by atoms with Crippen molar-refractivity contribution in [3.05, 3.63) is 45.3 Å². The average Bonchev–Trinajstić information content (AvgIpc) is 2.51. The van der Waals surface area contributed by atoms with Crippen molar-refractivity contribution in [2.24, 2.45) is 5.92 Å². The highest BCUT2D eigenvalue weighted by Crippen LogP contribution is 2.28. The number of fused-ring (bicyclic) bond motifs is 1. The number of aliphatic hydroxyl groups excluding tert-OH is 1. The highest BCUT2D eigenvalue weighted by molar-refractivity contribution is 5.83. The molecule has 0 spiro atoms. The number of aliphatic hydroxyl groups is 1. The van der Waals surface area contributed by atoms with Gasteiger partial charge in [0, 0.05) is 24.0 Å². The van der Waals surface area contributed by atoms with Gasteiger partial charge in [0.25, 0.3) is 0 Å². The summed E-state index contributed by atoms with van der Waals surface area (Å²) in [6.45, 7) is 8.01. The first-order valence-electron chi connectivity index (χ1n) is 8.39. The molecule has 1 fully saturated rings. The molecule has 0 amide bonds. The van der Waals surface area contributed by atoms with E-state index in [1.165, 1.54) is 0 Å². The van der Waals surface area contributed by atoms with Crippen LogP contribution < -0.4 is 5.63 Å². The van der Waals surface area contributed by atoms with Crippen molar-refractivity contribution in [2.45, 2.75) is 46.2 Å². The van der Waals surface area contributed by atoms with E-state index < -0.39 is 0 Å². The van der Waals surface area contributed by atoms with Gasteiger partial charge in [0.15, 0.2) is 0 Å². The minimum absolute atomic E-state index is 0.164. The van der Waals surface area contributed by atoms with E-state index in [9.17, 15) is 9.90 Å². The van der Waals surface area contributed by atoms with Crippen molar-refractivity contribution >= 4 is 11.0 Å². The third-order valence-electron chi connectivity index (χ3n) is 5.31. The molecule has 4 heteroatoms. The molecule has 1 aromatic carbocycles. The van der Waals surface area contributed by atoms with E-state index in [0.29, 0.717) is 18.0 Å². The molecule has 2 unspecified atom stereocenters. The zero-order valence-electron chi connectivity index (χ0n) is 14.1. The van der Waals surface area contributed by atoms with Gasteiger partial charge >= 0.3 is 5.63 Å². The summed E-state index contributed by atoms with van der Waals surface area (Å²) in [4.78, 5) is 14.3. The first kappa shape index (κ1) is 16.2. The predicted molar refractivity (Wildman–Crippen MR) is 91.6 cm³/mol. The van der Waals surface area contributed by atoms with Crippen LogP contribution >= 0.6 is 0 Å². The fourth-order valence-corrected chi connectivity index (χ4v) is 3.70. The second kappa shape index (κ2) is 6.46. The molecule has 3 rings (SSSR count). The lowest BCUT2D eigenvalue weighted by atomic mass is 9.90. The molecule has 124 valence electrons. The topological polar surface area (TPSA) is 53.7 Å². The molecule has 0 bridgehead atoms. The van der Waals surface area contributed by atoms with Gasteiger partial charge in [-0.2, -0.15) is 0 Å². The van der Waals surface area contributed by atoms with Crippen molar-refractivity contribution in [2.75, 3.05) is 13.2 Å². The van der Waals surface area contributed by atoms with Crippen LogP contribution in [0, 0.1) is 19.8 Å². The summed E-state index contributed by atoms with van der Waals surface area (Å²) < 4.78 is 5.45. The molecule has 1 aliphatic rings. The Morgan fingerprint density at radius 2 is 2.13 bits per heavy atom. The zero-order chi connectivity index (χ0) is 16.6. The Morgan fingerprint density at radius 1 is 1.35 bits per heavy atom. The van der Waals surface area contributed by atoms with E-state index in [2.05, 4.69) is 17.9 Å². The Balaban J connectivity index is 2.03. The third kappa shape index (κ3) is 3.06. The number of hydrogen-bond acceptors (Lipinski definition) is 4. The maximum atomic E-state index is 12.0. The smallest absolute Gasteiger partial charge is 0.336 e. The molecule has 1 N–H and O–H groups in total. The Bertz CT molecular complexity index is 765. The van der Waals surface area contributed by atoms with Gasteiger partial charge < -0.3 is 9.52 Å². The summed E-state index contributed by atoms with van der Waals surface area (Å²) in [6.07, 6.45) is 2.28. The second-order valence-corrected chi connectivity index (χ2v) is 6.81. The highest BCUT2D eigenvalue weighted by Gasteiger charge is 2.28. The van der Waals surface area contributed by atoms with E-state index in [1.807, 2.05) is 19.9 Å². The first-order valence-corrected chi connectivity index (χ1v) is 8.39. The molecule has 0 saturated carbocycles. The summed E-state index contributed by atoms with van der Waals surface area (Å²) in [7, 11) is 0. The van der Waals surface area contributed by atoms with Gasteiger partial charge in [-0.15, -0.1) is 0 Å². The first-order chi connectivity index (χ1) is 11.0. The Morgan fingerprint density at radius 3 is 2.87 bits per heavy atom. The van der Waals surface area contributed by atoms with Crippen molar-refractivity contribution < 1.29 is 9.52 Å². The number of hydrogen-bond donors (Lipinski definition) is 1. The summed E-state index contributed by atoms with van der Waals surface area (Å²) in [6, 6.07) is 5.88. The van der Waals surface area contributed by atoms with Crippen molar-refractivity contribution in [3.8, 4) is 0 Å². The molecule has 2 heterocycles. The number of nitrogens with zero attached hydrogens (tertiary/aromatic N) is 1. The van der Waals surface area contributed by atoms with Gasteiger partial charge in [0.05, 0.1) is 6.61 Å². The summed E-state index contributed by atoms with van der Waals surface area (Å²) >= 11 is 0. The van der Waals surface area contributed by atoms with Crippen LogP contribution in [0.4, 0.5) is 0 Å². The molecule has 1 aromatic heterocycles. The quantitative estimate of drug-likeness (QED) is 0.885. The van der Waals surface area contributed by atoms with Gasteiger partial charge in [-0.25, -0.2) is 4.79 Å². The average molecular weight is 315 g/mol. The lowest BCUT2D eigenvalue weighted by molar-refractivity contribution is 0.0474. The lowest BCUT2D eigenvalue weighted by Crippen LogP contribution is -2.46. The molecule has 2 atom stereocenters. The van der Waals surface area contributed by atoms with E-state index in [-0.39, 0.29) is 18.3 Å². The van der Waals surface area contributed by atoms with Crippen LogP contribution in [0.3, 0.4) is 0 Å². The second-order valence-electron chi connectivity index (χ2n) is 6.81. The van der Waals surface area contributed by atoms with Crippen LogP contribution in [-0.2, 0) is 6.54 Å². The fraction of sp³-hybridized carbons (Fsp3) is 0.526. The number of piperidine rings is 1. The van der Waals surface area contributed by atoms with Crippen LogP contribution in [0.5, 0.6) is 0 Å². The van der Waals surface area contributed by atoms with Crippen LogP contribution in [0.2, 0.25) is 0 Å². The standard InChI is InChI=1S/C19H25NO3/c1-12-6-7-16-15(9-18(22)23-19(16)14(12)3)10-20-8-4-5-13(2)17(20)11-21/h6-7,9,13,17,21H,4-5,8,10-11H2,1-3H3. The Hall–Kier alpha value is -1.65. The van der Waals surface area contributed by atoms with Crippen LogP contribution in [0.1, 0.15) is 36.5 Å². The Labute approximate surface area is 136 Å². The molecular formula is C19H25NO3. The van der Waals surface area contributed by atoms with Gasteiger partial charge in [0.2, 0.25) is 0 Å². The molecule has 2 aromatic rings. The van der Waals surface area contributed by atoms with E-state index in [4.69, 9.17) is 4.42 Å². The number of likely N-dealkylation sites (tertiary alicyclic amines) is 1. The van der Waals surface area contributed by atoms with Crippen molar-refractivity contribution in [1.29, 1.82) is 0 Å². The van der Waals surface area contributed by atoms with E-state index in [1.54, 1.807) is 6.07 Å². The van der Waals surface area contributed by atoms with Crippen LogP contribution in [0.15, 0.2) is 27.4 Å². The molecule has 1 aliphatic heterocycles. The maximum absolute atomic E-state index is 12.0. The summed E-state index contributed by atoms with van der Waals surface area (Å²) in [5.74, 6) is 0.476. The van der Waals surface area contributed by atoms with E-state index in [0.717, 1.165) is 41.5 Å². The molecular weight excluding hydrogens is 290 g/mol. The van der Waals surface area contributed by atoms with Crippen molar-refractivity contribution in [3.63, 3.8) is 0 Å². The van der Waals surface area contributed by atoms with Gasteiger partial charge in [-0.3, -0.25) is 4.90 Å². The number of aryl methyl sites for hydroxylation is 2. The Kier molecular flexibility index (Phi) is 4.55. The summed E-state index contributed by atoms with van der Waals surface area (Å²) in [5.41, 5.74) is 3.53. The van der Waals surface area contributed by atoms with Crippen LogP contribution in [0.25, 0.3) is 11.0 Å². The molecule has 0 radical (unpaired) electrons. The number of benzene rings is 1. The minimum atomic E-state index is -0.299.